The van der Waals surface area contributed by atoms with Gasteiger partial charge in [0.05, 0.1) is 11.6 Å². The van der Waals surface area contributed by atoms with E-state index in [1.807, 2.05) is 24.3 Å². The van der Waals surface area contributed by atoms with E-state index in [-0.39, 0.29) is 0 Å². The molecule has 5 nitrogen and oxygen atoms in total. The molecule has 2 N–H and O–H groups in total. The van der Waals surface area contributed by atoms with Crippen molar-refractivity contribution in [1.82, 2.24) is 15.0 Å². The van der Waals surface area contributed by atoms with Crippen LogP contribution in [0.1, 0.15) is 19.2 Å². The van der Waals surface area contributed by atoms with E-state index in [4.69, 9.17) is 21.9 Å². The zero-order valence-electron chi connectivity index (χ0n) is 12.0. The lowest BCUT2D eigenvalue weighted by Gasteiger charge is -2.18. The Hall–Kier alpha value is -1.43. The first-order valence-electron chi connectivity index (χ1n) is 7.19. The summed E-state index contributed by atoms with van der Waals surface area (Å²) >= 11 is 6.15. The van der Waals surface area contributed by atoms with Crippen LogP contribution >= 0.6 is 11.6 Å². The number of rotatable bonds is 4. The fourth-order valence-electron chi connectivity index (χ4n) is 2.85. The van der Waals surface area contributed by atoms with Crippen molar-refractivity contribution in [3.8, 4) is 11.4 Å². The lowest BCUT2D eigenvalue weighted by molar-refractivity contribution is 0.218. The molecule has 0 radical (unpaired) electrons. The number of hydrogen-bond acceptors (Lipinski definition) is 5. The Morgan fingerprint density at radius 1 is 1.43 bits per heavy atom. The molecule has 0 amide bonds. The fraction of sp³-hybridized carbons (Fsp3) is 0.467. The fourth-order valence-corrected chi connectivity index (χ4v) is 3.07. The van der Waals surface area contributed by atoms with Crippen LogP contribution in [0.25, 0.3) is 11.4 Å². The highest BCUT2D eigenvalue weighted by Gasteiger charge is 2.29. The standard InChI is InChI=1S/C15H19ClN4O/c1-10-6-11(7-17)8-20(10)9-14-18-15(19-21-14)12-4-2-3-5-13(12)16/h2-5,10-11H,6-9,17H2,1H3. The van der Waals surface area contributed by atoms with E-state index >= 15 is 0 Å². The van der Waals surface area contributed by atoms with Crippen LogP contribution < -0.4 is 5.73 Å². The number of nitrogens with two attached hydrogens (primary N) is 1. The van der Waals surface area contributed by atoms with Gasteiger partial charge in [-0.2, -0.15) is 4.98 Å². The highest BCUT2D eigenvalue weighted by atomic mass is 35.5. The maximum atomic E-state index is 6.15. The van der Waals surface area contributed by atoms with Crippen LogP contribution in [0.15, 0.2) is 28.8 Å². The van der Waals surface area contributed by atoms with Gasteiger partial charge in [-0.15, -0.1) is 0 Å². The summed E-state index contributed by atoms with van der Waals surface area (Å²) < 4.78 is 5.36. The second-order valence-electron chi connectivity index (χ2n) is 5.61. The molecule has 0 aliphatic carbocycles. The third-order valence-corrected chi connectivity index (χ3v) is 4.37. The zero-order valence-corrected chi connectivity index (χ0v) is 12.8. The molecule has 2 atom stereocenters. The van der Waals surface area contributed by atoms with Crippen LogP contribution in [0.5, 0.6) is 0 Å². The van der Waals surface area contributed by atoms with Crippen LogP contribution in [0.2, 0.25) is 5.02 Å². The maximum Gasteiger partial charge on any atom is 0.241 e. The SMILES string of the molecule is CC1CC(CN)CN1Cc1nc(-c2ccccc2Cl)no1. The van der Waals surface area contributed by atoms with Crippen molar-refractivity contribution in [3.63, 3.8) is 0 Å². The predicted octanol–water partition coefficient (Wildman–Crippen LogP) is 2.56. The Bertz CT molecular complexity index is 615. The van der Waals surface area contributed by atoms with Gasteiger partial charge in [-0.05, 0) is 37.9 Å². The first-order chi connectivity index (χ1) is 10.2. The third-order valence-electron chi connectivity index (χ3n) is 4.05. The topological polar surface area (TPSA) is 68.2 Å². The molecule has 1 aromatic carbocycles. The molecule has 21 heavy (non-hydrogen) atoms. The minimum absolute atomic E-state index is 0.495. The van der Waals surface area contributed by atoms with Crippen LogP contribution in [0.4, 0.5) is 0 Å². The summed E-state index contributed by atoms with van der Waals surface area (Å²) in [5.74, 6) is 1.72. The number of aromatic nitrogens is 2. The van der Waals surface area contributed by atoms with Crippen molar-refractivity contribution < 1.29 is 4.52 Å². The molecule has 1 aliphatic heterocycles. The van der Waals surface area contributed by atoms with Crippen molar-refractivity contribution in [1.29, 1.82) is 0 Å². The molecule has 0 saturated carbocycles. The molecule has 3 rings (SSSR count). The predicted molar refractivity (Wildman–Crippen MR) is 81.8 cm³/mol. The number of benzene rings is 1. The number of hydrogen-bond donors (Lipinski definition) is 1. The average Bonchev–Trinajstić information content (AvgIpc) is 3.07. The molecule has 6 heteroatoms. The molecule has 1 aromatic heterocycles. The molecule has 0 bridgehead atoms. The molecular weight excluding hydrogens is 288 g/mol. The van der Waals surface area contributed by atoms with Crippen molar-refractivity contribution >= 4 is 11.6 Å². The van der Waals surface area contributed by atoms with Gasteiger partial charge in [0.25, 0.3) is 0 Å². The molecule has 112 valence electrons. The van der Waals surface area contributed by atoms with Gasteiger partial charge in [0.15, 0.2) is 0 Å². The Labute approximate surface area is 129 Å². The summed E-state index contributed by atoms with van der Waals surface area (Å²) in [4.78, 5) is 6.79. The van der Waals surface area contributed by atoms with Crippen molar-refractivity contribution in [2.24, 2.45) is 11.7 Å². The van der Waals surface area contributed by atoms with Crippen LogP contribution in [-0.2, 0) is 6.54 Å². The molecule has 0 spiro atoms. The van der Waals surface area contributed by atoms with Gasteiger partial charge in [-0.1, -0.05) is 28.9 Å². The lowest BCUT2D eigenvalue weighted by atomic mass is 10.1. The molecule has 1 fully saturated rings. The van der Waals surface area contributed by atoms with Gasteiger partial charge in [0.1, 0.15) is 0 Å². The van der Waals surface area contributed by atoms with Gasteiger partial charge in [0.2, 0.25) is 11.7 Å². The number of nitrogens with zero attached hydrogens (tertiary/aromatic N) is 3. The largest absolute Gasteiger partial charge is 0.338 e. The number of likely N-dealkylation sites (tertiary alicyclic amines) is 1. The number of halogens is 1. The first kappa shape index (κ1) is 14.5. The molecule has 2 aromatic rings. The third kappa shape index (κ3) is 3.10. The summed E-state index contributed by atoms with van der Waals surface area (Å²) in [5, 5.41) is 4.66. The van der Waals surface area contributed by atoms with Gasteiger partial charge >= 0.3 is 0 Å². The van der Waals surface area contributed by atoms with Gasteiger partial charge in [-0.25, -0.2) is 0 Å². The molecular formula is C15H19ClN4O. The van der Waals surface area contributed by atoms with E-state index in [1.165, 1.54) is 0 Å². The minimum atomic E-state index is 0.495. The quantitative estimate of drug-likeness (QED) is 0.940. The highest BCUT2D eigenvalue weighted by Crippen LogP contribution is 2.27. The smallest absolute Gasteiger partial charge is 0.241 e. The Morgan fingerprint density at radius 3 is 2.95 bits per heavy atom. The van der Waals surface area contributed by atoms with Gasteiger partial charge in [-0.3, -0.25) is 4.90 Å². The molecule has 1 aliphatic rings. The summed E-state index contributed by atoms with van der Waals surface area (Å²) in [6, 6.07) is 7.99. The summed E-state index contributed by atoms with van der Waals surface area (Å²) in [5.41, 5.74) is 6.55. The van der Waals surface area contributed by atoms with Crippen molar-refractivity contribution in [2.45, 2.75) is 25.9 Å². The monoisotopic (exact) mass is 306 g/mol. The van der Waals surface area contributed by atoms with Crippen molar-refractivity contribution in [2.75, 3.05) is 13.1 Å². The Morgan fingerprint density at radius 2 is 2.24 bits per heavy atom. The second-order valence-corrected chi connectivity index (χ2v) is 6.01. The maximum absolute atomic E-state index is 6.15. The molecule has 2 unspecified atom stereocenters. The summed E-state index contributed by atoms with van der Waals surface area (Å²) in [6.45, 7) is 4.59. The van der Waals surface area contributed by atoms with Gasteiger partial charge in [0, 0.05) is 18.2 Å². The second kappa shape index (κ2) is 6.13. The highest BCUT2D eigenvalue weighted by molar-refractivity contribution is 6.33. The van der Waals surface area contributed by atoms with E-state index in [0.717, 1.165) is 25.1 Å². The first-order valence-corrected chi connectivity index (χ1v) is 7.56. The molecule has 2 heterocycles. The van der Waals surface area contributed by atoms with Crippen LogP contribution in [0, 0.1) is 5.92 Å². The normalized spacial score (nSPS) is 22.8. The van der Waals surface area contributed by atoms with E-state index in [1.54, 1.807) is 0 Å². The van der Waals surface area contributed by atoms with E-state index in [0.29, 0.717) is 35.2 Å². The van der Waals surface area contributed by atoms with Crippen molar-refractivity contribution in [3.05, 3.63) is 35.2 Å². The Balaban J connectivity index is 1.73. The van der Waals surface area contributed by atoms with Crippen LogP contribution in [-0.4, -0.2) is 34.2 Å². The minimum Gasteiger partial charge on any atom is -0.338 e. The van der Waals surface area contributed by atoms with Gasteiger partial charge < -0.3 is 10.3 Å². The van der Waals surface area contributed by atoms with Crippen LogP contribution in [0.3, 0.4) is 0 Å². The summed E-state index contributed by atoms with van der Waals surface area (Å²) in [6.07, 6.45) is 1.13. The zero-order chi connectivity index (χ0) is 14.8. The summed E-state index contributed by atoms with van der Waals surface area (Å²) in [7, 11) is 0. The van der Waals surface area contributed by atoms with E-state index in [9.17, 15) is 0 Å². The average molecular weight is 307 g/mol. The van der Waals surface area contributed by atoms with E-state index < -0.39 is 0 Å². The Kier molecular flexibility index (Phi) is 4.24. The lowest BCUT2D eigenvalue weighted by Crippen LogP contribution is -2.27. The molecule has 1 saturated heterocycles. The van der Waals surface area contributed by atoms with E-state index in [2.05, 4.69) is 22.0 Å².